The lowest BCUT2D eigenvalue weighted by Crippen LogP contribution is -2.25. The fourth-order valence-corrected chi connectivity index (χ4v) is 2.61. The highest BCUT2D eigenvalue weighted by Crippen LogP contribution is 2.19. The Labute approximate surface area is 128 Å². The Morgan fingerprint density at radius 3 is 2.52 bits per heavy atom. The quantitative estimate of drug-likeness (QED) is 0.800. The van der Waals surface area contributed by atoms with Crippen LogP contribution in [0.1, 0.15) is 50.2 Å². The molecule has 1 aromatic carbocycles. The maximum absolute atomic E-state index is 4.52. The minimum absolute atomic E-state index is 0.337. The molecule has 0 fully saturated rings. The summed E-state index contributed by atoms with van der Waals surface area (Å²) in [5, 5.41) is 3.66. The summed E-state index contributed by atoms with van der Waals surface area (Å²) < 4.78 is 2.22. The van der Waals surface area contributed by atoms with Crippen molar-refractivity contribution < 1.29 is 0 Å². The van der Waals surface area contributed by atoms with Gasteiger partial charge in [-0.05, 0) is 37.4 Å². The van der Waals surface area contributed by atoms with E-state index in [-0.39, 0.29) is 0 Å². The smallest absolute Gasteiger partial charge is 0.110 e. The van der Waals surface area contributed by atoms with E-state index < -0.39 is 0 Å². The monoisotopic (exact) mass is 285 g/mol. The van der Waals surface area contributed by atoms with Crippen LogP contribution in [0, 0.1) is 0 Å². The second-order valence-electron chi connectivity index (χ2n) is 5.44. The third-order valence-corrected chi connectivity index (χ3v) is 3.96. The molecule has 0 bridgehead atoms. The summed E-state index contributed by atoms with van der Waals surface area (Å²) in [5.41, 5.74) is 2.74. The number of nitrogens with zero attached hydrogens (tertiary/aromatic N) is 2. The highest BCUT2D eigenvalue weighted by atomic mass is 15.1. The number of aryl methyl sites for hydroxylation is 2. The molecule has 3 nitrogen and oxygen atoms in total. The normalized spacial score (nSPS) is 12.5. The van der Waals surface area contributed by atoms with Gasteiger partial charge in [0, 0.05) is 31.4 Å². The van der Waals surface area contributed by atoms with Crippen LogP contribution in [-0.2, 0) is 19.4 Å². The summed E-state index contributed by atoms with van der Waals surface area (Å²) in [6.07, 6.45) is 7.13. The minimum atomic E-state index is 0.337. The molecule has 21 heavy (non-hydrogen) atoms. The first kappa shape index (κ1) is 15.8. The zero-order valence-electron chi connectivity index (χ0n) is 13.5. The molecule has 1 aromatic heterocycles. The van der Waals surface area contributed by atoms with Gasteiger partial charge < -0.3 is 9.88 Å². The molecule has 0 aliphatic heterocycles. The lowest BCUT2D eigenvalue weighted by molar-refractivity contribution is 0.506. The van der Waals surface area contributed by atoms with Crippen molar-refractivity contribution in [3.8, 4) is 0 Å². The van der Waals surface area contributed by atoms with E-state index in [0.29, 0.717) is 6.04 Å². The molecule has 0 aliphatic rings. The van der Waals surface area contributed by atoms with Crippen molar-refractivity contribution in [3.05, 3.63) is 53.6 Å². The number of imidazole rings is 1. The van der Waals surface area contributed by atoms with Gasteiger partial charge in [0.2, 0.25) is 0 Å². The summed E-state index contributed by atoms with van der Waals surface area (Å²) in [4.78, 5) is 4.52. The number of hydrogen-bond donors (Lipinski definition) is 1. The van der Waals surface area contributed by atoms with Crippen LogP contribution < -0.4 is 5.32 Å². The second-order valence-corrected chi connectivity index (χ2v) is 5.44. The second kappa shape index (κ2) is 7.99. The Bertz CT molecular complexity index is 528. The van der Waals surface area contributed by atoms with Crippen molar-refractivity contribution in [1.82, 2.24) is 14.9 Å². The third kappa shape index (κ3) is 4.18. The Balaban J connectivity index is 2.16. The Morgan fingerprint density at radius 2 is 1.90 bits per heavy atom. The van der Waals surface area contributed by atoms with Gasteiger partial charge in [-0.3, -0.25) is 0 Å². The standard InChI is InChI=1S/C18H27N3/c1-4-11-19-17(14-18-20-12-13-21(18)6-3)16-9-7-15(5-2)8-10-16/h7-10,12-13,17,19H,4-6,11,14H2,1-3H3. The van der Waals surface area contributed by atoms with Gasteiger partial charge in [-0.2, -0.15) is 0 Å². The van der Waals surface area contributed by atoms with Gasteiger partial charge in [0.25, 0.3) is 0 Å². The largest absolute Gasteiger partial charge is 0.335 e. The molecule has 1 heterocycles. The predicted molar refractivity (Wildman–Crippen MR) is 88.5 cm³/mol. The fourth-order valence-electron chi connectivity index (χ4n) is 2.61. The summed E-state index contributed by atoms with van der Waals surface area (Å²) in [6, 6.07) is 9.32. The molecule has 0 radical (unpaired) electrons. The maximum atomic E-state index is 4.52. The molecule has 0 amide bonds. The molecule has 114 valence electrons. The van der Waals surface area contributed by atoms with E-state index in [4.69, 9.17) is 0 Å². The van der Waals surface area contributed by atoms with Crippen LogP contribution >= 0.6 is 0 Å². The van der Waals surface area contributed by atoms with Crippen LogP contribution in [0.2, 0.25) is 0 Å². The predicted octanol–water partition coefficient (Wildman–Crippen LogP) is 3.75. The van der Waals surface area contributed by atoms with Gasteiger partial charge in [0.1, 0.15) is 5.82 Å². The Kier molecular flexibility index (Phi) is 6.00. The first-order chi connectivity index (χ1) is 10.3. The van der Waals surface area contributed by atoms with E-state index in [0.717, 1.165) is 38.2 Å². The van der Waals surface area contributed by atoms with Crippen LogP contribution in [0.3, 0.4) is 0 Å². The molecule has 1 unspecified atom stereocenters. The highest BCUT2D eigenvalue weighted by molar-refractivity contribution is 5.25. The van der Waals surface area contributed by atoms with E-state index in [2.05, 4.69) is 66.1 Å². The van der Waals surface area contributed by atoms with Crippen molar-refractivity contribution in [1.29, 1.82) is 0 Å². The van der Waals surface area contributed by atoms with Gasteiger partial charge in [0.05, 0.1) is 0 Å². The van der Waals surface area contributed by atoms with E-state index in [1.54, 1.807) is 0 Å². The Hall–Kier alpha value is -1.61. The van der Waals surface area contributed by atoms with Gasteiger partial charge in [0.15, 0.2) is 0 Å². The highest BCUT2D eigenvalue weighted by Gasteiger charge is 2.14. The Morgan fingerprint density at radius 1 is 1.14 bits per heavy atom. The van der Waals surface area contributed by atoms with Crippen molar-refractivity contribution in [3.63, 3.8) is 0 Å². The topological polar surface area (TPSA) is 29.9 Å². The molecular formula is C18H27N3. The van der Waals surface area contributed by atoms with E-state index in [9.17, 15) is 0 Å². The summed E-state index contributed by atoms with van der Waals surface area (Å²) in [7, 11) is 0. The molecule has 0 saturated heterocycles. The van der Waals surface area contributed by atoms with Crippen LogP contribution in [0.4, 0.5) is 0 Å². The number of rotatable bonds is 8. The minimum Gasteiger partial charge on any atom is -0.335 e. The molecule has 0 aliphatic carbocycles. The van der Waals surface area contributed by atoms with Crippen LogP contribution in [0.15, 0.2) is 36.7 Å². The maximum Gasteiger partial charge on any atom is 0.110 e. The molecule has 2 rings (SSSR count). The number of aromatic nitrogens is 2. The first-order valence-corrected chi connectivity index (χ1v) is 8.10. The van der Waals surface area contributed by atoms with Gasteiger partial charge >= 0.3 is 0 Å². The molecule has 1 atom stereocenters. The fraction of sp³-hybridized carbons (Fsp3) is 0.500. The number of hydrogen-bond acceptors (Lipinski definition) is 2. The average molecular weight is 285 g/mol. The molecular weight excluding hydrogens is 258 g/mol. The molecule has 3 heteroatoms. The van der Waals surface area contributed by atoms with Gasteiger partial charge in [-0.15, -0.1) is 0 Å². The molecule has 1 N–H and O–H groups in total. The van der Waals surface area contributed by atoms with E-state index in [1.807, 2.05) is 6.20 Å². The van der Waals surface area contributed by atoms with Gasteiger partial charge in [-0.1, -0.05) is 38.1 Å². The zero-order valence-corrected chi connectivity index (χ0v) is 13.5. The van der Waals surface area contributed by atoms with Crippen molar-refractivity contribution >= 4 is 0 Å². The SMILES string of the molecule is CCCNC(Cc1nccn1CC)c1ccc(CC)cc1. The van der Waals surface area contributed by atoms with Crippen molar-refractivity contribution in [2.75, 3.05) is 6.54 Å². The molecule has 0 saturated carbocycles. The number of nitrogens with one attached hydrogen (secondary N) is 1. The van der Waals surface area contributed by atoms with E-state index >= 15 is 0 Å². The van der Waals surface area contributed by atoms with Gasteiger partial charge in [-0.25, -0.2) is 4.98 Å². The first-order valence-electron chi connectivity index (χ1n) is 8.10. The lowest BCUT2D eigenvalue weighted by Gasteiger charge is -2.19. The van der Waals surface area contributed by atoms with Crippen LogP contribution in [0.5, 0.6) is 0 Å². The summed E-state index contributed by atoms with van der Waals surface area (Å²) in [5.74, 6) is 1.16. The summed E-state index contributed by atoms with van der Waals surface area (Å²) in [6.45, 7) is 8.57. The molecule has 0 spiro atoms. The van der Waals surface area contributed by atoms with Crippen LogP contribution in [-0.4, -0.2) is 16.1 Å². The average Bonchev–Trinajstić information content (AvgIpc) is 2.98. The lowest BCUT2D eigenvalue weighted by atomic mass is 10.0. The van der Waals surface area contributed by atoms with Crippen molar-refractivity contribution in [2.45, 2.75) is 52.6 Å². The zero-order chi connectivity index (χ0) is 15.1. The summed E-state index contributed by atoms with van der Waals surface area (Å²) >= 11 is 0. The third-order valence-electron chi connectivity index (χ3n) is 3.96. The van der Waals surface area contributed by atoms with E-state index in [1.165, 1.54) is 11.1 Å². The molecule has 2 aromatic rings. The van der Waals surface area contributed by atoms with Crippen molar-refractivity contribution in [2.24, 2.45) is 0 Å². The number of benzene rings is 1. The van der Waals surface area contributed by atoms with Crippen LogP contribution in [0.25, 0.3) is 0 Å².